The highest BCUT2D eigenvalue weighted by molar-refractivity contribution is 5.67. The van der Waals surface area contributed by atoms with E-state index in [2.05, 4.69) is 47.7 Å². The van der Waals surface area contributed by atoms with Crippen molar-refractivity contribution in [2.75, 3.05) is 27.2 Å². The SMILES string of the molecule is CN(C)CC(C)(C)Cn1cncc1CCNC(=O)OC(C)(C)C. The van der Waals surface area contributed by atoms with Crippen molar-refractivity contribution < 1.29 is 9.53 Å². The van der Waals surface area contributed by atoms with E-state index in [4.69, 9.17) is 4.74 Å². The summed E-state index contributed by atoms with van der Waals surface area (Å²) >= 11 is 0. The number of rotatable bonds is 7. The number of carbonyl (C=O) groups is 1. The van der Waals surface area contributed by atoms with Gasteiger partial charge in [0, 0.05) is 37.9 Å². The molecule has 6 nitrogen and oxygen atoms in total. The zero-order valence-corrected chi connectivity index (χ0v) is 15.6. The molecule has 1 N–H and O–H groups in total. The van der Waals surface area contributed by atoms with E-state index in [1.165, 1.54) is 0 Å². The lowest BCUT2D eigenvalue weighted by molar-refractivity contribution is 0.0528. The fourth-order valence-corrected chi connectivity index (χ4v) is 2.67. The molecule has 23 heavy (non-hydrogen) atoms. The molecular formula is C17H32N4O2. The summed E-state index contributed by atoms with van der Waals surface area (Å²) in [6.07, 6.45) is 4.08. The van der Waals surface area contributed by atoms with Crippen molar-refractivity contribution in [1.82, 2.24) is 19.8 Å². The Morgan fingerprint density at radius 2 is 1.96 bits per heavy atom. The predicted octanol–water partition coefficient (Wildman–Crippen LogP) is 2.54. The van der Waals surface area contributed by atoms with E-state index >= 15 is 0 Å². The lowest BCUT2D eigenvalue weighted by Gasteiger charge is -2.29. The summed E-state index contributed by atoms with van der Waals surface area (Å²) in [6, 6.07) is 0. The normalized spacial score (nSPS) is 12.5. The van der Waals surface area contributed by atoms with Gasteiger partial charge in [-0.1, -0.05) is 13.8 Å². The summed E-state index contributed by atoms with van der Waals surface area (Å²) in [6.45, 7) is 12.5. The molecule has 0 fully saturated rings. The Morgan fingerprint density at radius 3 is 2.52 bits per heavy atom. The number of nitrogens with one attached hydrogen (secondary N) is 1. The van der Waals surface area contributed by atoms with Crippen LogP contribution in [0.2, 0.25) is 0 Å². The van der Waals surface area contributed by atoms with Gasteiger partial charge in [-0.25, -0.2) is 9.78 Å². The first kappa shape index (κ1) is 19.5. The highest BCUT2D eigenvalue weighted by Gasteiger charge is 2.21. The van der Waals surface area contributed by atoms with Gasteiger partial charge in [-0.15, -0.1) is 0 Å². The number of hydrogen-bond donors (Lipinski definition) is 1. The number of amides is 1. The zero-order valence-electron chi connectivity index (χ0n) is 15.6. The van der Waals surface area contributed by atoms with Crippen molar-refractivity contribution in [1.29, 1.82) is 0 Å². The van der Waals surface area contributed by atoms with Crippen LogP contribution in [0.15, 0.2) is 12.5 Å². The minimum absolute atomic E-state index is 0.150. The zero-order chi connectivity index (χ0) is 17.7. The van der Waals surface area contributed by atoms with Gasteiger partial charge < -0.3 is 19.5 Å². The number of carbonyl (C=O) groups excluding carboxylic acids is 1. The average molecular weight is 324 g/mol. The molecule has 0 aliphatic rings. The molecule has 1 aromatic rings. The molecule has 1 rings (SSSR count). The number of ether oxygens (including phenoxy) is 1. The Balaban J connectivity index is 2.51. The second-order valence-electron chi connectivity index (χ2n) is 8.09. The largest absolute Gasteiger partial charge is 0.444 e. The van der Waals surface area contributed by atoms with E-state index in [9.17, 15) is 4.79 Å². The second kappa shape index (κ2) is 7.81. The van der Waals surface area contributed by atoms with Crippen LogP contribution < -0.4 is 5.32 Å². The summed E-state index contributed by atoms with van der Waals surface area (Å²) in [4.78, 5) is 18.1. The fraction of sp³-hybridized carbons (Fsp3) is 0.765. The Kier molecular flexibility index (Phi) is 6.62. The van der Waals surface area contributed by atoms with Crippen LogP contribution in [-0.4, -0.2) is 53.3 Å². The third-order valence-corrected chi connectivity index (χ3v) is 3.19. The second-order valence-corrected chi connectivity index (χ2v) is 8.09. The van der Waals surface area contributed by atoms with E-state index in [0.29, 0.717) is 6.54 Å². The Hall–Kier alpha value is -1.56. The minimum atomic E-state index is -0.470. The predicted molar refractivity (Wildman–Crippen MR) is 92.5 cm³/mol. The first-order valence-corrected chi connectivity index (χ1v) is 8.09. The van der Waals surface area contributed by atoms with Crippen LogP contribution in [0.5, 0.6) is 0 Å². The number of nitrogens with zero attached hydrogens (tertiary/aromatic N) is 3. The monoisotopic (exact) mass is 324 g/mol. The molecule has 1 heterocycles. The molecule has 1 aromatic heterocycles. The molecule has 0 spiro atoms. The van der Waals surface area contributed by atoms with E-state index in [0.717, 1.165) is 25.2 Å². The molecule has 132 valence electrons. The van der Waals surface area contributed by atoms with Crippen LogP contribution in [0.25, 0.3) is 0 Å². The lowest BCUT2D eigenvalue weighted by Crippen LogP contribution is -2.34. The summed E-state index contributed by atoms with van der Waals surface area (Å²) < 4.78 is 7.40. The van der Waals surface area contributed by atoms with Crippen molar-refractivity contribution in [2.24, 2.45) is 5.41 Å². The topological polar surface area (TPSA) is 59.4 Å². The van der Waals surface area contributed by atoms with Crippen molar-refractivity contribution in [2.45, 2.75) is 53.2 Å². The van der Waals surface area contributed by atoms with Gasteiger partial charge >= 0.3 is 6.09 Å². The van der Waals surface area contributed by atoms with Crippen molar-refractivity contribution in [3.05, 3.63) is 18.2 Å². The Morgan fingerprint density at radius 1 is 1.30 bits per heavy atom. The van der Waals surface area contributed by atoms with Gasteiger partial charge in [-0.2, -0.15) is 0 Å². The standard InChI is InChI=1S/C17H32N4O2/c1-16(2,3)23-15(22)19-9-8-14-10-18-13-21(14)12-17(4,5)11-20(6)7/h10,13H,8-9,11-12H2,1-7H3,(H,19,22). The van der Waals surface area contributed by atoms with Crippen LogP contribution in [0.3, 0.4) is 0 Å². The molecule has 0 saturated heterocycles. The molecule has 0 aliphatic carbocycles. The Labute approximate surface area is 140 Å². The van der Waals surface area contributed by atoms with Crippen LogP contribution >= 0.6 is 0 Å². The molecule has 0 aromatic carbocycles. The molecule has 6 heteroatoms. The van der Waals surface area contributed by atoms with Gasteiger partial charge in [0.2, 0.25) is 0 Å². The van der Waals surface area contributed by atoms with E-state index in [1.807, 2.05) is 33.3 Å². The van der Waals surface area contributed by atoms with E-state index in [-0.39, 0.29) is 11.5 Å². The van der Waals surface area contributed by atoms with Gasteiger partial charge in [0.1, 0.15) is 5.60 Å². The maximum atomic E-state index is 11.7. The number of alkyl carbamates (subject to hydrolysis) is 1. The smallest absolute Gasteiger partial charge is 0.407 e. The molecule has 0 aliphatic heterocycles. The van der Waals surface area contributed by atoms with Crippen molar-refractivity contribution in [3.63, 3.8) is 0 Å². The number of hydrogen-bond acceptors (Lipinski definition) is 4. The fourth-order valence-electron chi connectivity index (χ4n) is 2.67. The number of aromatic nitrogens is 2. The van der Waals surface area contributed by atoms with Gasteiger partial charge in [0.15, 0.2) is 0 Å². The lowest BCUT2D eigenvalue weighted by atomic mass is 9.92. The summed E-state index contributed by atoms with van der Waals surface area (Å²) in [7, 11) is 4.17. The quantitative estimate of drug-likeness (QED) is 0.837. The van der Waals surface area contributed by atoms with Gasteiger partial charge in [0.05, 0.1) is 6.33 Å². The third kappa shape index (κ3) is 8.02. The summed E-state index contributed by atoms with van der Waals surface area (Å²) in [5.41, 5.74) is 0.799. The van der Waals surface area contributed by atoms with Crippen molar-refractivity contribution in [3.8, 4) is 0 Å². The van der Waals surface area contributed by atoms with E-state index in [1.54, 1.807) is 0 Å². The van der Waals surface area contributed by atoms with E-state index < -0.39 is 5.60 Å². The first-order chi connectivity index (χ1) is 10.5. The summed E-state index contributed by atoms with van der Waals surface area (Å²) in [5, 5.41) is 2.79. The maximum absolute atomic E-state index is 11.7. The van der Waals surface area contributed by atoms with Gasteiger partial charge in [-0.05, 0) is 40.3 Å². The maximum Gasteiger partial charge on any atom is 0.407 e. The highest BCUT2D eigenvalue weighted by atomic mass is 16.6. The van der Waals surface area contributed by atoms with Gasteiger partial charge in [0.25, 0.3) is 0 Å². The van der Waals surface area contributed by atoms with Crippen LogP contribution in [0.1, 0.15) is 40.3 Å². The number of imidazole rings is 1. The molecule has 0 saturated carbocycles. The highest BCUT2D eigenvalue weighted by Crippen LogP contribution is 2.20. The van der Waals surface area contributed by atoms with Crippen LogP contribution in [0, 0.1) is 5.41 Å². The third-order valence-electron chi connectivity index (χ3n) is 3.19. The molecule has 0 atom stereocenters. The molecule has 1 amide bonds. The van der Waals surface area contributed by atoms with Crippen molar-refractivity contribution >= 4 is 6.09 Å². The molecule has 0 bridgehead atoms. The molecule has 0 unspecified atom stereocenters. The first-order valence-electron chi connectivity index (χ1n) is 8.09. The Bertz CT molecular complexity index is 501. The van der Waals surface area contributed by atoms with Gasteiger partial charge in [-0.3, -0.25) is 0 Å². The molecule has 0 radical (unpaired) electrons. The average Bonchev–Trinajstić information content (AvgIpc) is 2.71. The molecular weight excluding hydrogens is 292 g/mol. The minimum Gasteiger partial charge on any atom is -0.444 e. The summed E-state index contributed by atoms with van der Waals surface area (Å²) in [5.74, 6) is 0. The van der Waals surface area contributed by atoms with Crippen LogP contribution in [-0.2, 0) is 17.7 Å². The van der Waals surface area contributed by atoms with Crippen LogP contribution in [0.4, 0.5) is 4.79 Å².